The van der Waals surface area contributed by atoms with E-state index in [9.17, 15) is 30.3 Å². The Morgan fingerprint density at radius 1 is 1.04 bits per heavy atom. The molecule has 0 aromatic heterocycles. The molecule has 0 aliphatic carbocycles. The molecule has 0 saturated carbocycles. The zero-order chi connectivity index (χ0) is 21.3. The van der Waals surface area contributed by atoms with Gasteiger partial charge in [-0.2, -0.15) is 0 Å². The summed E-state index contributed by atoms with van der Waals surface area (Å²) in [6.45, 7) is -1.39. The summed E-state index contributed by atoms with van der Waals surface area (Å²) < 4.78 is 0. The van der Waals surface area contributed by atoms with Crippen molar-refractivity contribution in [2.45, 2.75) is 36.9 Å². The van der Waals surface area contributed by atoms with Gasteiger partial charge in [-0.05, 0) is 17.4 Å². The minimum atomic E-state index is -1.81. The van der Waals surface area contributed by atoms with Crippen LogP contribution in [0.2, 0.25) is 0 Å². The maximum atomic E-state index is 11.3. The summed E-state index contributed by atoms with van der Waals surface area (Å²) in [4.78, 5) is 16.1. The average Bonchev–Trinajstić information content (AvgIpc) is 2.68. The van der Waals surface area contributed by atoms with Gasteiger partial charge in [0.15, 0.2) is 0 Å². The van der Waals surface area contributed by atoms with Crippen molar-refractivity contribution in [3.8, 4) is 0 Å². The van der Waals surface area contributed by atoms with Crippen LogP contribution >= 0.6 is 0 Å². The zero-order valence-electron chi connectivity index (χ0n) is 14.8. The Hall–Kier alpha value is -1.65. The molecule has 28 heavy (non-hydrogen) atoms. The van der Waals surface area contributed by atoms with Gasteiger partial charge in [-0.1, -0.05) is 24.3 Å². The second kappa shape index (κ2) is 12.0. The van der Waals surface area contributed by atoms with Crippen molar-refractivity contribution >= 4 is 18.6 Å². The third-order valence-electron chi connectivity index (χ3n) is 3.90. The molecule has 0 aliphatic rings. The molecule has 0 spiro atoms. The topological polar surface area (TPSA) is 212 Å². The maximum Gasteiger partial charge on any atom is 0.488 e. The lowest BCUT2D eigenvalue weighted by Gasteiger charge is -2.25. The molecule has 0 radical (unpaired) electrons. The van der Waals surface area contributed by atoms with Gasteiger partial charge in [0, 0.05) is 0 Å². The first kappa shape index (κ1) is 24.4. The molecule has 0 bridgehead atoms. The van der Waals surface area contributed by atoms with Crippen LogP contribution < -0.4 is 16.5 Å². The zero-order valence-corrected chi connectivity index (χ0v) is 14.8. The lowest BCUT2D eigenvalue weighted by Crippen LogP contribution is -2.50. The van der Waals surface area contributed by atoms with Crippen LogP contribution in [0.1, 0.15) is 5.56 Å². The van der Waals surface area contributed by atoms with Crippen LogP contribution in [0, 0.1) is 0 Å². The lowest BCUT2D eigenvalue weighted by molar-refractivity contribution is -0.148. The van der Waals surface area contributed by atoms with E-state index in [4.69, 9.17) is 20.0 Å². The average molecular weight is 404 g/mol. The van der Waals surface area contributed by atoms with Crippen LogP contribution in [-0.4, -0.2) is 97.4 Å². The number of aliphatic carboxylic acids is 1. The number of rotatable bonds is 13. The van der Waals surface area contributed by atoms with Crippen LogP contribution in [-0.2, 0) is 16.1 Å². The number of nitrogens with one attached hydrogen (secondary N) is 2. The van der Waals surface area contributed by atoms with Gasteiger partial charge in [-0.25, -0.2) is 5.43 Å². The second-order valence-electron chi connectivity index (χ2n) is 6.07. The fraction of sp³-hybridized carbons (Fsp3) is 0.533. The Labute approximate surface area is 160 Å². The summed E-state index contributed by atoms with van der Waals surface area (Å²) in [5.41, 5.74) is 5.30. The number of hydrogen-bond donors (Lipinski definition) is 10. The third-order valence-corrected chi connectivity index (χ3v) is 3.90. The first-order valence-electron chi connectivity index (χ1n) is 8.30. The molecule has 13 heteroatoms. The van der Waals surface area contributed by atoms with Gasteiger partial charge in [0.05, 0.1) is 13.2 Å². The Kier molecular flexibility index (Phi) is 10.5. The van der Waals surface area contributed by atoms with Crippen LogP contribution in [0.25, 0.3) is 0 Å². The van der Waals surface area contributed by atoms with Crippen molar-refractivity contribution in [1.29, 1.82) is 0 Å². The largest absolute Gasteiger partial charge is 0.488 e. The molecule has 0 saturated heterocycles. The number of carbonyl (C=O) groups is 1. The molecule has 0 aliphatic heterocycles. The van der Waals surface area contributed by atoms with E-state index in [1.165, 1.54) is 24.3 Å². The van der Waals surface area contributed by atoms with Crippen molar-refractivity contribution in [3.63, 3.8) is 0 Å². The number of carboxylic acids is 1. The Morgan fingerprint density at radius 2 is 1.61 bits per heavy atom. The van der Waals surface area contributed by atoms with Gasteiger partial charge < -0.3 is 40.7 Å². The predicted octanol–water partition coefficient (Wildman–Crippen LogP) is -5.18. The fourth-order valence-corrected chi connectivity index (χ4v) is 2.16. The number of aliphatic hydroxyl groups is 5. The van der Waals surface area contributed by atoms with Crippen molar-refractivity contribution in [2.24, 2.45) is 0 Å². The van der Waals surface area contributed by atoms with Crippen LogP contribution in [0.4, 0.5) is 0 Å². The first-order valence-corrected chi connectivity index (χ1v) is 8.30. The molecule has 0 unspecified atom stereocenters. The molecular formula is C15H25BN2O10. The Bertz CT molecular complexity index is 591. The Morgan fingerprint density at radius 3 is 2.11 bits per heavy atom. The SMILES string of the molecule is O=C(O)[C@H](Cc1ccc(B(O)O)cc1)NNOC[C@H](O)[C@@H](O)[C@@H](O)[C@H](O)CO. The standard InChI is InChI=1S/C15H25BN2O10/c19-6-11(20)13(22)14(23)12(21)7-28-18-17-10(15(24)25)5-8-1-3-9(4-2-8)16(26)27/h1-4,10-14,17-23,26-27H,5-7H2,(H,24,25)/t10-,11+,12-,13-,14+/m0/s1. The molecule has 12 nitrogen and oxygen atoms in total. The van der Waals surface area contributed by atoms with E-state index < -0.39 is 56.8 Å². The van der Waals surface area contributed by atoms with E-state index in [0.717, 1.165) is 0 Å². The molecule has 0 fully saturated rings. The minimum absolute atomic E-state index is 0.0140. The summed E-state index contributed by atoms with van der Waals surface area (Å²) in [6.07, 6.45) is -6.87. The Balaban J connectivity index is 2.46. The van der Waals surface area contributed by atoms with E-state index in [1.54, 1.807) is 0 Å². The quantitative estimate of drug-likeness (QED) is 0.0849. The van der Waals surface area contributed by atoms with Gasteiger partial charge >= 0.3 is 13.1 Å². The first-order chi connectivity index (χ1) is 13.2. The van der Waals surface area contributed by atoms with E-state index in [1.807, 2.05) is 0 Å². The van der Waals surface area contributed by atoms with Crippen molar-refractivity contribution < 1.29 is 50.3 Å². The number of hydrogen-bond acceptors (Lipinski definition) is 11. The predicted molar refractivity (Wildman–Crippen MR) is 94.7 cm³/mol. The summed E-state index contributed by atoms with van der Waals surface area (Å²) in [6, 6.07) is 4.79. The molecule has 0 heterocycles. The van der Waals surface area contributed by atoms with Crippen LogP contribution in [0.5, 0.6) is 0 Å². The molecule has 10 N–H and O–H groups in total. The normalized spacial score (nSPS) is 16.8. The summed E-state index contributed by atoms with van der Waals surface area (Å²) in [5.74, 6) is -1.22. The highest BCUT2D eigenvalue weighted by molar-refractivity contribution is 6.58. The highest BCUT2D eigenvalue weighted by Gasteiger charge is 2.30. The van der Waals surface area contributed by atoms with E-state index in [-0.39, 0.29) is 11.9 Å². The van der Waals surface area contributed by atoms with Gasteiger partial charge in [0.1, 0.15) is 30.5 Å². The molecular weight excluding hydrogens is 379 g/mol. The molecule has 1 aromatic carbocycles. The summed E-state index contributed by atoms with van der Waals surface area (Å²) in [7, 11) is -1.63. The smallest absolute Gasteiger partial charge is 0.480 e. The van der Waals surface area contributed by atoms with Crippen LogP contribution in [0.3, 0.4) is 0 Å². The lowest BCUT2D eigenvalue weighted by atomic mass is 9.80. The highest BCUT2D eigenvalue weighted by Crippen LogP contribution is 2.05. The molecule has 0 amide bonds. The van der Waals surface area contributed by atoms with Crippen molar-refractivity contribution in [2.75, 3.05) is 13.2 Å². The van der Waals surface area contributed by atoms with Gasteiger partial charge in [0.25, 0.3) is 0 Å². The van der Waals surface area contributed by atoms with Crippen molar-refractivity contribution in [3.05, 3.63) is 29.8 Å². The fourth-order valence-electron chi connectivity index (χ4n) is 2.16. The molecule has 1 rings (SSSR count). The number of carboxylic acid groups (broad SMARTS) is 1. The van der Waals surface area contributed by atoms with Gasteiger partial charge in [-0.3, -0.25) is 9.63 Å². The summed E-state index contributed by atoms with van der Waals surface area (Å²) >= 11 is 0. The second-order valence-corrected chi connectivity index (χ2v) is 6.07. The van der Waals surface area contributed by atoms with Gasteiger partial charge in [-0.15, -0.1) is 5.59 Å². The third kappa shape index (κ3) is 7.77. The number of benzene rings is 1. The van der Waals surface area contributed by atoms with Crippen molar-refractivity contribution in [1.82, 2.24) is 11.0 Å². The molecule has 5 atom stereocenters. The molecule has 158 valence electrons. The van der Waals surface area contributed by atoms with Crippen LogP contribution in [0.15, 0.2) is 24.3 Å². The van der Waals surface area contributed by atoms with Gasteiger partial charge in [0.2, 0.25) is 0 Å². The summed E-state index contributed by atoms with van der Waals surface area (Å²) in [5, 5.41) is 73.9. The molecule has 1 aromatic rings. The van der Waals surface area contributed by atoms with E-state index in [0.29, 0.717) is 5.56 Å². The highest BCUT2D eigenvalue weighted by atomic mass is 16.7. The van der Waals surface area contributed by atoms with E-state index >= 15 is 0 Å². The monoisotopic (exact) mass is 404 g/mol. The maximum absolute atomic E-state index is 11.3. The number of aliphatic hydroxyl groups excluding tert-OH is 5. The minimum Gasteiger partial charge on any atom is -0.480 e. The number of hydrazine groups is 1. The van der Waals surface area contributed by atoms with E-state index in [2.05, 4.69) is 11.0 Å².